The monoisotopic (exact) mass is 283 g/mol. The van der Waals surface area contributed by atoms with Gasteiger partial charge in [0.1, 0.15) is 5.69 Å². The van der Waals surface area contributed by atoms with Crippen LogP contribution in [0.1, 0.15) is 31.4 Å². The molecule has 0 bridgehead atoms. The summed E-state index contributed by atoms with van der Waals surface area (Å²) in [5.74, 6) is 0.997. The quantitative estimate of drug-likeness (QED) is 0.861. The van der Waals surface area contributed by atoms with Crippen molar-refractivity contribution >= 4 is 5.82 Å². The molecule has 0 aliphatic carbocycles. The fraction of sp³-hybridized carbons (Fsp3) is 0.412. The van der Waals surface area contributed by atoms with Crippen molar-refractivity contribution in [2.75, 3.05) is 25.1 Å². The summed E-state index contributed by atoms with van der Waals surface area (Å²) in [6, 6.07) is 8.39. The summed E-state index contributed by atoms with van der Waals surface area (Å²) in [7, 11) is 1.73. The van der Waals surface area contributed by atoms with E-state index in [2.05, 4.69) is 46.1 Å². The van der Waals surface area contributed by atoms with E-state index in [1.807, 2.05) is 0 Å². The molecule has 1 aromatic heterocycles. The van der Waals surface area contributed by atoms with E-state index in [1.165, 1.54) is 12.8 Å². The molecule has 0 unspecified atom stereocenters. The van der Waals surface area contributed by atoms with Gasteiger partial charge in [-0.1, -0.05) is 18.2 Å². The molecular formula is C17H21N3O. The Morgan fingerprint density at radius 2 is 1.90 bits per heavy atom. The van der Waals surface area contributed by atoms with Crippen molar-refractivity contribution in [3.63, 3.8) is 0 Å². The smallest absolute Gasteiger partial charge is 0.155 e. The van der Waals surface area contributed by atoms with Crippen LogP contribution in [0, 0.1) is 0 Å². The topological polar surface area (TPSA) is 38.3 Å². The number of hydrogen-bond donors (Lipinski definition) is 0. The summed E-state index contributed by atoms with van der Waals surface area (Å²) < 4.78 is 5.41. The van der Waals surface area contributed by atoms with Crippen LogP contribution in [-0.4, -0.2) is 30.2 Å². The van der Waals surface area contributed by atoms with E-state index >= 15 is 0 Å². The highest BCUT2D eigenvalue weighted by atomic mass is 16.5. The fourth-order valence-corrected chi connectivity index (χ4v) is 2.77. The molecular weight excluding hydrogens is 262 g/mol. The molecule has 4 nitrogen and oxygen atoms in total. The number of nitrogens with zero attached hydrogens (tertiary/aromatic N) is 3. The van der Waals surface area contributed by atoms with Gasteiger partial charge in [-0.3, -0.25) is 4.98 Å². The number of methoxy groups -OCH3 is 1. The summed E-state index contributed by atoms with van der Waals surface area (Å²) >= 11 is 0. The molecule has 1 saturated heterocycles. The number of benzene rings is 1. The lowest BCUT2D eigenvalue weighted by Crippen LogP contribution is -2.20. The lowest BCUT2D eigenvalue weighted by molar-refractivity contribution is 0.119. The normalized spacial score (nSPS) is 16.2. The van der Waals surface area contributed by atoms with Gasteiger partial charge in [-0.15, -0.1) is 0 Å². The van der Waals surface area contributed by atoms with Crippen LogP contribution in [0.25, 0.3) is 11.3 Å². The van der Waals surface area contributed by atoms with Crippen LogP contribution in [0.3, 0.4) is 0 Å². The Balaban J connectivity index is 2.00. The molecule has 0 radical (unpaired) electrons. The van der Waals surface area contributed by atoms with Crippen molar-refractivity contribution in [2.24, 2.45) is 0 Å². The summed E-state index contributed by atoms with van der Waals surface area (Å²) in [4.78, 5) is 11.5. The molecule has 3 rings (SSSR count). The van der Waals surface area contributed by atoms with Gasteiger partial charge in [0, 0.05) is 38.2 Å². The number of hydrogen-bond acceptors (Lipinski definition) is 4. The van der Waals surface area contributed by atoms with Crippen molar-refractivity contribution in [1.82, 2.24) is 9.97 Å². The maximum atomic E-state index is 5.41. The number of anilines is 1. The largest absolute Gasteiger partial charge is 0.377 e. The summed E-state index contributed by atoms with van der Waals surface area (Å²) in [6.07, 6.45) is 6.09. The molecule has 0 N–H and O–H groups in total. The molecule has 21 heavy (non-hydrogen) atoms. The van der Waals surface area contributed by atoms with E-state index in [0.29, 0.717) is 0 Å². The summed E-state index contributed by atoms with van der Waals surface area (Å²) in [6.45, 7) is 4.19. The van der Waals surface area contributed by atoms with E-state index in [1.54, 1.807) is 19.5 Å². The van der Waals surface area contributed by atoms with Gasteiger partial charge in [-0.05, 0) is 31.4 Å². The van der Waals surface area contributed by atoms with E-state index in [-0.39, 0.29) is 6.10 Å². The minimum absolute atomic E-state index is 0.0804. The predicted octanol–water partition coefficient (Wildman–Crippen LogP) is 3.45. The lowest BCUT2D eigenvalue weighted by Gasteiger charge is -2.19. The first-order valence-electron chi connectivity index (χ1n) is 7.48. The number of aromatic nitrogens is 2. The van der Waals surface area contributed by atoms with E-state index < -0.39 is 0 Å². The zero-order valence-electron chi connectivity index (χ0n) is 12.6. The summed E-state index contributed by atoms with van der Waals surface area (Å²) in [5.41, 5.74) is 3.23. The van der Waals surface area contributed by atoms with Crippen LogP contribution in [0.4, 0.5) is 5.82 Å². The number of rotatable bonds is 4. The molecule has 1 aromatic carbocycles. The zero-order valence-corrected chi connectivity index (χ0v) is 12.6. The van der Waals surface area contributed by atoms with Crippen molar-refractivity contribution in [2.45, 2.75) is 25.9 Å². The first-order valence-corrected chi connectivity index (χ1v) is 7.48. The molecule has 0 spiro atoms. The maximum absolute atomic E-state index is 5.41. The highest BCUT2D eigenvalue weighted by Crippen LogP contribution is 2.30. The average Bonchev–Trinajstić information content (AvgIpc) is 3.08. The second-order valence-corrected chi connectivity index (χ2v) is 5.43. The van der Waals surface area contributed by atoms with Crippen LogP contribution in [-0.2, 0) is 4.74 Å². The Morgan fingerprint density at radius 1 is 1.14 bits per heavy atom. The SMILES string of the molecule is CO[C@H](C)c1cccc(-c2nccnc2N2CCCC2)c1. The molecule has 1 atom stereocenters. The van der Waals surface area contributed by atoms with E-state index in [4.69, 9.17) is 4.74 Å². The third-order valence-corrected chi connectivity index (χ3v) is 4.07. The minimum atomic E-state index is 0.0804. The molecule has 4 heteroatoms. The third-order valence-electron chi connectivity index (χ3n) is 4.07. The molecule has 0 saturated carbocycles. The van der Waals surface area contributed by atoms with Crippen LogP contribution in [0.15, 0.2) is 36.7 Å². The molecule has 1 fully saturated rings. The van der Waals surface area contributed by atoms with Crippen molar-refractivity contribution < 1.29 is 4.74 Å². The molecule has 1 aliphatic rings. The van der Waals surface area contributed by atoms with Gasteiger partial charge in [-0.2, -0.15) is 0 Å². The zero-order chi connectivity index (χ0) is 14.7. The molecule has 1 aliphatic heterocycles. The Bertz CT molecular complexity index is 608. The Kier molecular flexibility index (Phi) is 4.15. The predicted molar refractivity (Wildman–Crippen MR) is 84.3 cm³/mol. The van der Waals surface area contributed by atoms with Crippen molar-refractivity contribution in [1.29, 1.82) is 0 Å². The van der Waals surface area contributed by atoms with Gasteiger partial charge in [0.05, 0.1) is 6.10 Å². The first-order chi connectivity index (χ1) is 10.3. The van der Waals surface area contributed by atoms with Gasteiger partial charge >= 0.3 is 0 Å². The van der Waals surface area contributed by atoms with Crippen molar-refractivity contribution in [3.05, 3.63) is 42.2 Å². The molecule has 2 heterocycles. The van der Waals surface area contributed by atoms with Gasteiger partial charge in [0.2, 0.25) is 0 Å². The standard InChI is InChI=1S/C17H21N3O/c1-13(21-2)14-6-5-7-15(12-14)16-17(19-9-8-18-16)20-10-3-4-11-20/h5-9,12-13H,3-4,10-11H2,1-2H3/t13-/m1/s1. The third kappa shape index (κ3) is 2.90. The highest BCUT2D eigenvalue weighted by molar-refractivity contribution is 5.72. The van der Waals surface area contributed by atoms with Crippen molar-refractivity contribution in [3.8, 4) is 11.3 Å². The van der Waals surface area contributed by atoms with Gasteiger partial charge in [-0.25, -0.2) is 4.98 Å². The van der Waals surface area contributed by atoms with Crippen LogP contribution in [0.5, 0.6) is 0 Å². The Morgan fingerprint density at radius 3 is 2.67 bits per heavy atom. The Hall–Kier alpha value is -1.94. The fourth-order valence-electron chi connectivity index (χ4n) is 2.77. The van der Waals surface area contributed by atoms with Crippen LogP contribution >= 0.6 is 0 Å². The minimum Gasteiger partial charge on any atom is -0.377 e. The average molecular weight is 283 g/mol. The molecule has 0 amide bonds. The second kappa shape index (κ2) is 6.22. The van der Waals surface area contributed by atoms with Crippen LogP contribution in [0.2, 0.25) is 0 Å². The summed E-state index contributed by atoms with van der Waals surface area (Å²) in [5, 5.41) is 0. The van der Waals surface area contributed by atoms with E-state index in [9.17, 15) is 0 Å². The lowest BCUT2D eigenvalue weighted by atomic mass is 10.0. The molecule has 110 valence electrons. The maximum Gasteiger partial charge on any atom is 0.155 e. The first kappa shape index (κ1) is 14.0. The Labute approximate surface area is 125 Å². The molecule has 2 aromatic rings. The van der Waals surface area contributed by atoms with Gasteiger partial charge < -0.3 is 9.64 Å². The van der Waals surface area contributed by atoms with Gasteiger partial charge in [0.25, 0.3) is 0 Å². The van der Waals surface area contributed by atoms with Crippen LogP contribution < -0.4 is 4.90 Å². The van der Waals surface area contributed by atoms with Gasteiger partial charge in [0.15, 0.2) is 5.82 Å². The second-order valence-electron chi connectivity index (χ2n) is 5.43. The van der Waals surface area contributed by atoms with E-state index in [0.717, 1.165) is 35.7 Å². The highest BCUT2D eigenvalue weighted by Gasteiger charge is 2.19. The number of ether oxygens (including phenoxy) is 1.